The number of hydrogen-bond donors (Lipinski definition) is 2. The SMILES string of the molecule is N=C1CCc2cc(NC3C(c4csnn4)N=C4C=NC=CN43)ccc21. The van der Waals surface area contributed by atoms with Crippen molar-refractivity contribution in [1.29, 1.82) is 5.41 Å². The Hall–Kier alpha value is -2.87. The van der Waals surface area contributed by atoms with Crippen LogP contribution in [0, 0.1) is 5.41 Å². The number of amidine groups is 1. The number of fused-ring (bicyclic) bond motifs is 2. The van der Waals surface area contributed by atoms with Gasteiger partial charge in [-0.25, -0.2) is 0 Å². The lowest BCUT2D eigenvalue weighted by Gasteiger charge is -2.28. The van der Waals surface area contributed by atoms with Crippen molar-refractivity contribution in [3.05, 3.63) is 52.8 Å². The maximum Gasteiger partial charge on any atom is 0.148 e. The predicted molar refractivity (Wildman–Crippen MR) is 98.6 cm³/mol. The molecule has 1 aromatic heterocycles. The molecular formula is C17H15N7S. The number of nitrogens with zero attached hydrogens (tertiary/aromatic N) is 5. The Kier molecular flexibility index (Phi) is 3.24. The summed E-state index contributed by atoms with van der Waals surface area (Å²) in [6, 6.07) is 6.08. The van der Waals surface area contributed by atoms with Gasteiger partial charge < -0.3 is 15.6 Å². The Balaban J connectivity index is 1.48. The van der Waals surface area contributed by atoms with Gasteiger partial charge in [0.2, 0.25) is 0 Å². The fraction of sp³-hybridized carbons (Fsp3) is 0.235. The molecule has 0 bridgehead atoms. The predicted octanol–water partition coefficient (Wildman–Crippen LogP) is 2.60. The van der Waals surface area contributed by atoms with Gasteiger partial charge in [0.1, 0.15) is 23.7 Å². The zero-order valence-electron chi connectivity index (χ0n) is 13.3. The average molecular weight is 349 g/mol. The number of aromatic nitrogens is 2. The molecule has 124 valence electrons. The van der Waals surface area contributed by atoms with Crippen LogP contribution in [0.4, 0.5) is 5.69 Å². The summed E-state index contributed by atoms with van der Waals surface area (Å²) >= 11 is 1.33. The Bertz CT molecular complexity index is 928. The second-order valence-corrected chi connectivity index (χ2v) is 6.79. The maximum absolute atomic E-state index is 7.99. The van der Waals surface area contributed by atoms with Gasteiger partial charge in [0.05, 0.1) is 6.21 Å². The van der Waals surface area contributed by atoms with Crippen molar-refractivity contribution in [2.24, 2.45) is 9.98 Å². The van der Waals surface area contributed by atoms with E-state index in [2.05, 4.69) is 30.9 Å². The molecular weight excluding hydrogens is 334 g/mol. The minimum atomic E-state index is -0.144. The third kappa shape index (κ3) is 2.37. The van der Waals surface area contributed by atoms with Crippen LogP contribution in [-0.4, -0.2) is 38.4 Å². The van der Waals surface area contributed by atoms with Gasteiger partial charge in [-0.15, -0.1) is 5.10 Å². The fourth-order valence-corrected chi connectivity index (χ4v) is 3.97. The van der Waals surface area contributed by atoms with Crippen molar-refractivity contribution in [2.75, 3.05) is 5.32 Å². The highest BCUT2D eigenvalue weighted by molar-refractivity contribution is 7.03. The molecule has 0 spiro atoms. The fourth-order valence-electron chi connectivity index (χ4n) is 3.49. The first kappa shape index (κ1) is 14.5. The summed E-state index contributed by atoms with van der Waals surface area (Å²) in [4.78, 5) is 11.0. The topological polar surface area (TPSA) is 89.6 Å². The van der Waals surface area contributed by atoms with Gasteiger partial charge in [0.25, 0.3) is 0 Å². The Morgan fingerprint density at radius 1 is 1.28 bits per heavy atom. The molecule has 2 aliphatic heterocycles. The molecule has 2 N–H and O–H groups in total. The van der Waals surface area contributed by atoms with Crippen LogP contribution in [0.3, 0.4) is 0 Å². The van der Waals surface area contributed by atoms with Crippen LogP contribution in [0.2, 0.25) is 0 Å². The van der Waals surface area contributed by atoms with Crippen LogP contribution in [0.5, 0.6) is 0 Å². The number of rotatable bonds is 3. The van der Waals surface area contributed by atoms with Crippen molar-refractivity contribution in [3.63, 3.8) is 0 Å². The maximum atomic E-state index is 7.99. The van der Waals surface area contributed by atoms with Crippen molar-refractivity contribution in [2.45, 2.75) is 25.0 Å². The van der Waals surface area contributed by atoms with Crippen LogP contribution in [-0.2, 0) is 6.42 Å². The average Bonchev–Trinajstić information content (AvgIpc) is 3.35. The van der Waals surface area contributed by atoms with Gasteiger partial charge in [-0.1, -0.05) is 10.6 Å². The van der Waals surface area contributed by atoms with E-state index >= 15 is 0 Å². The summed E-state index contributed by atoms with van der Waals surface area (Å²) < 4.78 is 3.98. The first-order valence-corrected chi connectivity index (χ1v) is 8.93. The molecule has 5 rings (SSSR count). The molecule has 25 heavy (non-hydrogen) atoms. The Morgan fingerprint density at radius 3 is 3.12 bits per heavy atom. The van der Waals surface area contributed by atoms with Crippen LogP contribution in [0.15, 0.2) is 46.0 Å². The number of nitrogens with one attached hydrogen (secondary N) is 2. The summed E-state index contributed by atoms with van der Waals surface area (Å²) in [7, 11) is 0. The quantitative estimate of drug-likeness (QED) is 0.891. The summed E-state index contributed by atoms with van der Waals surface area (Å²) in [6.07, 6.45) is 7.14. The van der Waals surface area contributed by atoms with E-state index in [1.807, 2.05) is 23.7 Å². The lowest BCUT2D eigenvalue weighted by molar-refractivity contribution is 0.419. The zero-order chi connectivity index (χ0) is 16.8. The summed E-state index contributed by atoms with van der Waals surface area (Å²) in [5.74, 6) is 0.820. The van der Waals surface area contributed by atoms with Crippen molar-refractivity contribution < 1.29 is 0 Å². The third-order valence-corrected chi connectivity index (χ3v) is 5.23. The molecule has 0 radical (unpaired) electrons. The van der Waals surface area contributed by atoms with Gasteiger partial charge in [0.15, 0.2) is 0 Å². The van der Waals surface area contributed by atoms with Crippen molar-refractivity contribution in [3.8, 4) is 0 Å². The van der Waals surface area contributed by atoms with E-state index in [0.717, 1.165) is 41.3 Å². The molecule has 0 saturated carbocycles. The molecule has 2 aromatic rings. The minimum Gasteiger partial charge on any atom is -0.363 e. The van der Waals surface area contributed by atoms with Crippen molar-refractivity contribution >= 4 is 35.0 Å². The number of aliphatic imine (C=N–C) groups is 2. The molecule has 1 aliphatic carbocycles. The van der Waals surface area contributed by atoms with Gasteiger partial charge >= 0.3 is 0 Å². The van der Waals surface area contributed by atoms with E-state index in [0.29, 0.717) is 0 Å². The minimum absolute atomic E-state index is 0.0826. The largest absolute Gasteiger partial charge is 0.363 e. The summed E-state index contributed by atoms with van der Waals surface area (Å²) in [5.41, 5.74) is 4.92. The Labute approximate surface area is 148 Å². The van der Waals surface area contributed by atoms with Gasteiger partial charge in [-0.05, 0) is 47.6 Å². The molecule has 3 aliphatic rings. The highest BCUT2D eigenvalue weighted by atomic mass is 32.1. The standard InChI is InChI=1S/C17H15N7S/c18-13-4-1-10-7-11(2-3-12(10)13)20-17-16(14-9-25-23-22-14)21-15-8-19-5-6-24(15)17/h2-3,5-9,16-18,20H,1,4H2. The van der Waals surface area contributed by atoms with E-state index < -0.39 is 0 Å². The summed E-state index contributed by atoms with van der Waals surface area (Å²) in [5, 5.41) is 17.7. The number of anilines is 1. The van der Waals surface area contributed by atoms with Crippen LogP contribution >= 0.6 is 11.5 Å². The molecule has 7 nitrogen and oxygen atoms in total. The highest BCUT2D eigenvalue weighted by Crippen LogP contribution is 2.33. The van der Waals surface area contributed by atoms with Gasteiger partial charge in [0, 0.05) is 29.2 Å². The van der Waals surface area contributed by atoms with E-state index in [9.17, 15) is 0 Å². The highest BCUT2D eigenvalue weighted by Gasteiger charge is 2.37. The lowest BCUT2D eigenvalue weighted by Crippen LogP contribution is -2.40. The monoisotopic (exact) mass is 349 g/mol. The van der Waals surface area contributed by atoms with Crippen LogP contribution < -0.4 is 5.32 Å². The summed E-state index contributed by atoms with van der Waals surface area (Å²) in [6.45, 7) is 0. The van der Waals surface area contributed by atoms with Crippen LogP contribution in [0.25, 0.3) is 0 Å². The van der Waals surface area contributed by atoms with E-state index in [4.69, 9.17) is 10.4 Å². The molecule has 2 unspecified atom stereocenters. The van der Waals surface area contributed by atoms with Gasteiger partial charge in [-0.3, -0.25) is 9.98 Å². The van der Waals surface area contributed by atoms with Crippen molar-refractivity contribution in [1.82, 2.24) is 14.5 Å². The zero-order valence-corrected chi connectivity index (χ0v) is 14.1. The molecule has 0 fully saturated rings. The smallest absolute Gasteiger partial charge is 0.148 e. The third-order valence-electron chi connectivity index (χ3n) is 4.71. The number of aryl methyl sites for hydroxylation is 1. The molecule has 2 atom stereocenters. The van der Waals surface area contributed by atoms with E-state index in [1.54, 1.807) is 12.4 Å². The first-order chi connectivity index (χ1) is 12.3. The molecule has 3 heterocycles. The van der Waals surface area contributed by atoms with Crippen LogP contribution in [0.1, 0.15) is 29.3 Å². The first-order valence-electron chi connectivity index (χ1n) is 8.10. The van der Waals surface area contributed by atoms with E-state index in [-0.39, 0.29) is 12.2 Å². The number of benzene rings is 1. The molecule has 0 amide bonds. The van der Waals surface area contributed by atoms with E-state index in [1.165, 1.54) is 17.1 Å². The normalized spacial score (nSPS) is 23.6. The van der Waals surface area contributed by atoms with Gasteiger partial charge in [-0.2, -0.15) is 0 Å². The second-order valence-electron chi connectivity index (χ2n) is 6.19. The second kappa shape index (κ2) is 5.59. The molecule has 0 saturated heterocycles. The molecule has 1 aromatic carbocycles. The lowest BCUT2D eigenvalue weighted by atomic mass is 10.1. The number of hydrogen-bond acceptors (Lipinski definition) is 8. The Morgan fingerprint density at radius 2 is 2.24 bits per heavy atom. The molecule has 8 heteroatoms.